The lowest BCUT2D eigenvalue weighted by Crippen LogP contribution is -2.40. The minimum atomic E-state index is -3.51. The van der Waals surface area contributed by atoms with Gasteiger partial charge in [0.05, 0.1) is 12.0 Å². The number of carbonyl (C=O) groups excluding carboxylic acids is 1. The molecule has 0 spiro atoms. The Morgan fingerprint density at radius 2 is 1.88 bits per heavy atom. The number of hydrogen-bond acceptors (Lipinski definition) is 5. The van der Waals surface area contributed by atoms with E-state index in [9.17, 15) is 13.2 Å². The van der Waals surface area contributed by atoms with E-state index in [1.54, 1.807) is 29.6 Å². The fraction of sp³-hybridized carbons (Fsp3) is 0.720. The molecule has 1 atom stereocenters. The number of benzene rings is 1. The Morgan fingerprint density at radius 1 is 1.12 bits per heavy atom. The van der Waals surface area contributed by atoms with Gasteiger partial charge < -0.3 is 15.0 Å². The molecule has 186 valence electrons. The topological polar surface area (TPSA) is 79.0 Å². The fourth-order valence-corrected chi connectivity index (χ4v) is 6.60. The number of aryl methyl sites for hydroxylation is 1. The number of carbonyl (C=O) groups is 1. The molecule has 0 aliphatic carbocycles. The van der Waals surface area contributed by atoms with Crippen molar-refractivity contribution in [2.24, 2.45) is 0 Å². The fourth-order valence-electron chi connectivity index (χ4n) is 5.03. The van der Waals surface area contributed by atoms with E-state index in [0.717, 1.165) is 37.8 Å². The van der Waals surface area contributed by atoms with E-state index in [1.807, 2.05) is 0 Å². The number of ether oxygens (including phenoxy) is 1. The molecule has 7 nitrogen and oxygen atoms in total. The van der Waals surface area contributed by atoms with E-state index >= 15 is 0 Å². The largest absolute Gasteiger partial charge is 0.496 e. The Bertz CT molecular complexity index is 868. The Morgan fingerprint density at radius 3 is 2.61 bits per heavy atom. The van der Waals surface area contributed by atoms with Gasteiger partial charge >= 0.3 is 0 Å². The summed E-state index contributed by atoms with van der Waals surface area (Å²) in [6.07, 6.45) is 9.68. The number of piperidine rings is 2. The highest BCUT2D eigenvalue weighted by Gasteiger charge is 2.26. The highest BCUT2D eigenvalue weighted by molar-refractivity contribution is 7.89. The highest BCUT2D eigenvalue weighted by atomic mass is 32.2. The van der Waals surface area contributed by atoms with Gasteiger partial charge in [-0.2, -0.15) is 4.31 Å². The first-order valence-corrected chi connectivity index (χ1v) is 14.1. The summed E-state index contributed by atoms with van der Waals surface area (Å²) in [5.74, 6) is 0.614. The zero-order valence-corrected chi connectivity index (χ0v) is 21.2. The normalized spacial score (nSPS) is 20.5. The van der Waals surface area contributed by atoms with Gasteiger partial charge in [-0.15, -0.1) is 0 Å². The highest BCUT2D eigenvalue weighted by Crippen LogP contribution is 2.27. The minimum absolute atomic E-state index is 0.00738. The van der Waals surface area contributed by atoms with Crippen LogP contribution in [0.4, 0.5) is 0 Å². The van der Waals surface area contributed by atoms with Crippen LogP contribution in [0, 0.1) is 0 Å². The summed E-state index contributed by atoms with van der Waals surface area (Å²) in [4.78, 5) is 15.3. The Hall–Kier alpha value is -1.64. The maximum atomic E-state index is 13.0. The summed E-state index contributed by atoms with van der Waals surface area (Å²) >= 11 is 0. The number of sulfonamides is 1. The second kappa shape index (κ2) is 12.7. The number of amides is 1. The predicted molar refractivity (Wildman–Crippen MR) is 131 cm³/mol. The molecule has 2 saturated heterocycles. The SMILES string of the molecule is CCC1CCCCN1CCCNC(=O)CCc1cc(S(=O)(=O)N2CCCCC2)ccc1OC. The summed E-state index contributed by atoms with van der Waals surface area (Å²) in [6, 6.07) is 5.68. The van der Waals surface area contributed by atoms with Crippen LogP contribution in [0.2, 0.25) is 0 Å². The zero-order valence-electron chi connectivity index (χ0n) is 20.4. The lowest BCUT2D eigenvalue weighted by molar-refractivity contribution is -0.121. The van der Waals surface area contributed by atoms with Crippen molar-refractivity contribution in [1.82, 2.24) is 14.5 Å². The van der Waals surface area contributed by atoms with Crippen LogP contribution in [0.3, 0.4) is 0 Å². The van der Waals surface area contributed by atoms with Gasteiger partial charge in [-0.1, -0.05) is 19.8 Å². The molecule has 0 bridgehead atoms. The number of rotatable bonds is 11. The van der Waals surface area contributed by atoms with Gasteiger partial charge in [0.15, 0.2) is 0 Å². The van der Waals surface area contributed by atoms with Crippen molar-refractivity contribution in [3.05, 3.63) is 23.8 Å². The summed E-state index contributed by atoms with van der Waals surface area (Å²) in [6.45, 7) is 6.27. The quantitative estimate of drug-likeness (QED) is 0.491. The lowest BCUT2D eigenvalue weighted by atomic mass is 10.00. The molecular weight excluding hydrogens is 438 g/mol. The van der Waals surface area contributed by atoms with Gasteiger partial charge in [0.2, 0.25) is 15.9 Å². The lowest BCUT2D eigenvalue weighted by Gasteiger charge is -2.35. The monoisotopic (exact) mass is 479 g/mol. The molecule has 3 rings (SSSR count). The number of methoxy groups -OCH3 is 1. The van der Waals surface area contributed by atoms with Crippen LogP contribution in [0.1, 0.15) is 70.3 Å². The van der Waals surface area contributed by atoms with E-state index in [2.05, 4.69) is 17.1 Å². The van der Waals surface area contributed by atoms with Crippen molar-refractivity contribution in [1.29, 1.82) is 0 Å². The molecule has 0 radical (unpaired) electrons. The second-order valence-corrected chi connectivity index (χ2v) is 11.2. The van der Waals surface area contributed by atoms with Gasteiger partial charge in [-0.05, 0) is 75.3 Å². The van der Waals surface area contributed by atoms with E-state index in [-0.39, 0.29) is 10.8 Å². The molecule has 1 aromatic carbocycles. The third-order valence-electron chi connectivity index (χ3n) is 6.99. The second-order valence-electron chi connectivity index (χ2n) is 9.24. The number of likely N-dealkylation sites (tertiary alicyclic amines) is 1. The third kappa shape index (κ3) is 7.17. The van der Waals surface area contributed by atoms with E-state index in [1.165, 1.54) is 32.2 Å². The van der Waals surface area contributed by atoms with Crippen molar-refractivity contribution in [3.8, 4) is 5.75 Å². The Labute approximate surface area is 199 Å². The molecule has 33 heavy (non-hydrogen) atoms. The molecule has 2 fully saturated rings. The first kappa shape index (κ1) is 26.0. The van der Waals surface area contributed by atoms with Gasteiger partial charge in [-0.3, -0.25) is 4.79 Å². The molecule has 1 N–H and O–H groups in total. The van der Waals surface area contributed by atoms with Gasteiger partial charge in [0.25, 0.3) is 0 Å². The maximum absolute atomic E-state index is 13.0. The van der Waals surface area contributed by atoms with Crippen molar-refractivity contribution in [2.75, 3.05) is 39.8 Å². The number of nitrogens with one attached hydrogen (secondary N) is 1. The minimum Gasteiger partial charge on any atom is -0.496 e. The van der Waals surface area contributed by atoms with Crippen LogP contribution in [-0.4, -0.2) is 69.4 Å². The Kier molecular flexibility index (Phi) is 10.0. The average Bonchev–Trinajstić information content (AvgIpc) is 2.85. The zero-order chi connectivity index (χ0) is 23.7. The van der Waals surface area contributed by atoms with Gasteiger partial charge in [-0.25, -0.2) is 8.42 Å². The standard InChI is InChI=1S/C25H41N3O4S/c1-3-22-10-5-8-16-27(22)17-9-15-26-25(29)14-11-21-20-23(12-13-24(21)32-2)33(30,31)28-18-6-4-7-19-28/h12-13,20,22H,3-11,14-19H2,1-2H3,(H,26,29). The van der Waals surface area contributed by atoms with Gasteiger partial charge in [0.1, 0.15) is 5.75 Å². The van der Waals surface area contributed by atoms with Crippen molar-refractivity contribution in [3.63, 3.8) is 0 Å². The van der Waals surface area contributed by atoms with Crippen molar-refractivity contribution < 1.29 is 17.9 Å². The Balaban J connectivity index is 1.50. The first-order valence-electron chi connectivity index (χ1n) is 12.6. The molecule has 2 heterocycles. The van der Waals surface area contributed by atoms with E-state index in [0.29, 0.717) is 44.3 Å². The molecule has 1 aromatic rings. The first-order chi connectivity index (χ1) is 16.0. The third-order valence-corrected chi connectivity index (χ3v) is 8.89. The van der Waals surface area contributed by atoms with Crippen molar-refractivity contribution in [2.45, 2.75) is 82.1 Å². The predicted octanol–water partition coefficient (Wildman–Crippen LogP) is 3.57. The van der Waals surface area contributed by atoms with Crippen LogP contribution >= 0.6 is 0 Å². The molecule has 8 heteroatoms. The van der Waals surface area contributed by atoms with E-state index < -0.39 is 10.0 Å². The number of hydrogen-bond donors (Lipinski definition) is 1. The van der Waals surface area contributed by atoms with Gasteiger partial charge in [0, 0.05) is 38.6 Å². The maximum Gasteiger partial charge on any atom is 0.243 e. The van der Waals surface area contributed by atoms with Crippen LogP contribution < -0.4 is 10.1 Å². The molecular formula is C25H41N3O4S. The average molecular weight is 480 g/mol. The molecule has 2 aliphatic heterocycles. The van der Waals surface area contributed by atoms with Crippen LogP contribution in [0.15, 0.2) is 23.1 Å². The summed E-state index contributed by atoms with van der Waals surface area (Å²) in [5, 5.41) is 3.03. The molecule has 0 saturated carbocycles. The van der Waals surface area contributed by atoms with Crippen LogP contribution in [-0.2, 0) is 21.2 Å². The molecule has 1 unspecified atom stereocenters. The molecule has 1 amide bonds. The molecule has 2 aliphatic rings. The van der Waals surface area contributed by atoms with Crippen molar-refractivity contribution >= 4 is 15.9 Å². The summed E-state index contributed by atoms with van der Waals surface area (Å²) < 4.78 is 33.1. The molecule has 0 aromatic heterocycles. The number of nitrogens with zero attached hydrogens (tertiary/aromatic N) is 2. The van der Waals surface area contributed by atoms with Crippen LogP contribution in [0.25, 0.3) is 0 Å². The summed E-state index contributed by atoms with van der Waals surface area (Å²) in [7, 11) is -1.94. The summed E-state index contributed by atoms with van der Waals surface area (Å²) in [5.41, 5.74) is 0.754. The van der Waals surface area contributed by atoms with E-state index in [4.69, 9.17) is 4.74 Å². The van der Waals surface area contributed by atoms with Crippen LogP contribution in [0.5, 0.6) is 5.75 Å². The smallest absolute Gasteiger partial charge is 0.243 e.